The highest BCUT2D eigenvalue weighted by atomic mass is 16.5. The van der Waals surface area contributed by atoms with E-state index in [1.54, 1.807) is 6.07 Å². The van der Waals surface area contributed by atoms with E-state index in [-0.39, 0.29) is 5.97 Å². The number of rotatable bonds is 2. The van der Waals surface area contributed by atoms with Crippen molar-refractivity contribution in [1.29, 1.82) is 0 Å². The van der Waals surface area contributed by atoms with E-state index in [0.717, 1.165) is 11.1 Å². The van der Waals surface area contributed by atoms with E-state index in [4.69, 9.17) is 6.57 Å². The zero-order chi connectivity index (χ0) is 10.6. The Morgan fingerprint density at radius 1 is 1.57 bits per heavy atom. The minimum atomic E-state index is -0.352. The van der Waals surface area contributed by atoms with Crippen molar-refractivity contribution in [3.63, 3.8) is 0 Å². The van der Waals surface area contributed by atoms with Crippen LogP contribution in [0.15, 0.2) is 18.2 Å². The molecule has 0 saturated heterocycles. The molecule has 0 spiro atoms. The van der Waals surface area contributed by atoms with Crippen molar-refractivity contribution < 1.29 is 9.53 Å². The monoisotopic (exact) mass is 189 g/mol. The topological polar surface area (TPSA) is 30.7 Å². The average Bonchev–Trinajstić information content (AvgIpc) is 2.20. The van der Waals surface area contributed by atoms with Crippen LogP contribution in [0.3, 0.4) is 0 Å². The Morgan fingerprint density at radius 3 is 2.86 bits per heavy atom. The number of aryl methyl sites for hydroxylation is 1. The highest BCUT2D eigenvalue weighted by molar-refractivity contribution is 5.91. The van der Waals surface area contributed by atoms with Crippen molar-refractivity contribution in [2.45, 2.75) is 13.5 Å². The molecule has 0 N–H and O–H groups in total. The van der Waals surface area contributed by atoms with Gasteiger partial charge in [-0.1, -0.05) is 12.1 Å². The Bertz CT molecular complexity index is 391. The zero-order valence-corrected chi connectivity index (χ0v) is 8.20. The molecule has 3 heteroatoms. The lowest BCUT2D eigenvalue weighted by molar-refractivity contribution is 0.0600. The second kappa shape index (κ2) is 4.43. The lowest BCUT2D eigenvalue weighted by Crippen LogP contribution is -2.04. The summed E-state index contributed by atoms with van der Waals surface area (Å²) in [7, 11) is 1.35. The molecule has 1 rings (SSSR count). The Labute approximate surface area is 83.1 Å². The molecule has 0 aromatic heterocycles. The fourth-order valence-corrected chi connectivity index (χ4v) is 1.19. The van der Waals surface area contributed by atoms with Crippen molar-refractivity contribution in [2.24, 2.45) is 0 Å². The van der Waals surface area contributed by atoms with Gasteiger partial charge in [-0.2, -0.15) is 0 Å². The number of benzene rings is 1. The molecule has 0 aliphatic heterocycles. The quantitative estimate of drug-likeness (QED) is 0.527. The van der Waals surface area contributed by atoms with E-state index in [2.05, 4.69) is 9.58 Å². The van der Waals surface area contributed by atoms with Gasteiger partial charge >= 0.3 is 5.97 Å². The maximum Gasteiger partial charge on any atom is 0.338 e. The van der Waals surface area contributed by atoms with E-state index in [9.17, 15) is 4.79 Å². The van der Waals surface area contributed by atoms with Gasteiger partial charge in [0.15, 0.2) is 0 Å². The molecule has 14 heavy (non-hydrogen) atoms. The minimum absolute atomic E-state index is 0.296. The van der Waals surface area contributed by atoms with Gasteiger partial charge in [0, 0.05) is 5.56 Å². The summed E-state index contributed by atoms with van der Waals surface area (Å²) < 4.78 is 4.63. The Hall–Kier alpha value is -1.82. The SMILES string of the molecule is [C-]#[N+]Cc1ccc(C)c(C(=O)OC)c1. The molecule has 0 heterocycles. The van der Waals surface area contributed by atoms with E-state index in [0.29, 0.717) is 12.1 Å². The molecule has 1 aromatic rings. The van der Waals surface area contributed by atoms with Gasteiger partial charge in [0.05, 0.1) is 12.7 Å². The second-order valence-corrected chi connectivity index (χ2v) is 2.96. The van der Waals surface area contributed by atoms with E-state index < -0.39 is 0 Å². The predicted octanol–water partition coefficient (Wildman–Crippen LogP) is 2.20. The standard InChI is InChI=1S/C11H11NO2/c1-8-4-5-9(7-12-2)6-10(8)11(13)14-3/h4-6H,7H2,1,3H3. The maximum absolute atomic E-state index is 11.3. The van der Waals surface area contributed by atoms with Crippen LogP contribution in [0.4, 0.5) is 0 Å². The van der Waals surface area contributed by atoms with Crippen LogP contribution in [0.1, 0.15) is 21.5 Å². The van der Waals surface area contributed by atoms with Crippen LogP contribution in [0.2, 0.25) is 0 Å². The molecule has 0 aliphatic carbocycles. The van der Waals surface area contributed by atoms with Crippen LogP contribution in [0.5, 0.6) is 0 Å². The maximum atomic E-state index is 11.3. The molecule has 0 unspecified atom stereocenters. The van der Waals surface area contributed by atoms with Crippen LogP contribution in [-0.2, 0) is 11.3 Å². The Kier molecular flexibility index (Phi) is 3.24. The third-order valence-electron chi connectivity index (χ3n) is 1.97. The fourth-order valence-electron chi connectivity index (χ4n) is 1.19. The van der Waals surface area contributed by atoms with Crippen molar-refractivity contribution in [3.05, 3.63) is 46.3 Å². The van der Waals surface area contributed by atoms with Crippen LogP contribution in [0.25, 0.3) is 4.85 Å². The molecule has 0 bridgehead atoms. The van der Waals surface area contributed by atoms with Crippen molar-refractivity contribution in [3.8, 4) is 0 Å². The van der Waals surface area contributed by atoms with Crippen molar-refractivity contribution in [1.82, 2.24) is 0 Å². The fraction of sp³-hybridized carbons (Fsp3) is 0.273. The number of esters is 1. The predicted molar refractivity (Wildman–Crippen MR) is 52.8 cm³/mol. The summed E-state index contributed by atoms with van der Waals surface area (Å²) in [4.78, 5) is 14.6. The summed E-state index contributed by atoms with van der Waals surface area (Å²) in [5, 5.41) is 0. The van der Waals surface area contributed by atoms with Gasteiger partial charge in [0.2, 0.25) is 6.54 Å². The molecule has 0 fully saturated rings. The first kappa shape index (κ1) is 10.3. The molecule has 1 aromatic carbocycles. The third-order valence-corrected chi connectivity index (χ3v) is 1.97. The van der Waals surface area contributed by atoms with Crippen LogP contribution >= 0.6 is 0 Å². The number of ether oxygens (including phenoxy) is 1. The second-order valence-electron chi connectivity index (χ2n) is 2.96. The van der Waals surface area contributed by atoms with Gasteiger partial charge in [0.25, 0.3) is 0 Å². The smallest absolute Gasteiger partial charge is 0.338 e. The lowest BCUT2D eigenvalue weighted by Gasteiger charge is -2.03. The Balaban J connectivity index is 3.09. The first-order valence-corrected chi connectivity index (χ1v) is 4.20. The largest absolute Gasteiger partial charge is 0.465 e. The van der Waals surface area contributed by atoms with Crippen LogP contribution < -0.4 is 0 Å². The lowest BCUT2D eigenvalue weighted by atomic mass is 10.1. The van der Waals surface area contributed by atoms with Gasteiger partial charge in [-0.3, -0.25) is 0 Å². The molecule has 0 radical (unpaired) electrons. The first-order chi connectivity index (χ1) is 6.69. The highest BCUT2D eigenvalue weighted by Crippen LogP contribution is 2.13. The van der Waals surface area contributed by atoms with Crippen molar-refractivity contribution in [2.75, 3.05) is 7.11 Å². The third kappa shape index (κ3) is 2.11. The number of nitrogens with zero attached hydrogens (tertiary/aromatic N) is 1. The summed E-state index contributed by atoms with van der Waals surface area (Å²) in [6.45, 7) is 8.86. The van der Waals surface area contributed by atoms with Gasteiger partial charge in [-0.25, -0.2) is 11.4 Å². The zero-order valence-electron chi connectivity index (χ0n) is 8.20. The Morgan fingerprint density at radius 2 is 2.29 bits per heavy atom. The number of carbonyl (C=O) groups excluding carboxylic acids is 1. The first-order valence-electron chi connectivity index (χ1n) is 4.20. The molecule has 0 saturated carbocycles. The summed E-state index contributed by atoms with van der Waals surface area (Å²) in [5.74, 6) is -0.352. The summed E-state index contributed by atoms with van der Waals surface area (Å²) in [6.07, 6.45) is 0. The number of hydrogen-bond donors (Lipinski definition) is 0. The molecular weight excluding hydrogens is 178 g/mol. The molecule has 0 amide bonds. The van der Waals surface area contributed by atoms with E-state index in [1.165, 1.54) is 7.11 Å². The van der Waals surface area contributed by atoms with E-state index in [1.807, 2.05) is 19.1 Å². The molecule has 3 nitrogen and oxygen atoms in total. The van der Waals surface area contributed by atoms with E-state index >= 15 is 0 Å². The van der Waals surface area contributed by atoms with Crippen LogP contribution in [0, 0.1) is 13.5 Å². The van der Waals surface area contributed by atoms with Gasteiger partial charge in [0.1, 0.15) is 0 Å². The summed E-state index contributed by atoms with van der Waals surface area (Å²) in [5.41, 5.74) is 2.24. The summed E-state index contributed by atoms with van der Waals surface area (Å²) in [6, 6.07) is 5.38. The van der Waals surface area contributed by atoms with Crippen molar-refractivity contribution >= 4 is 5.97 Å². The normalized spacial score (nSPS) is 9.21. The molecule has 0 aliphatic rings. The molecule has 0 atom stereocenters. The minimum Gasteiger partial charge on any atom is -0.465 e. The highest BCUT2D eigenvalue weighted by Gasteiger charge is 2.10. The van der Waals surface area contributed by atoms with Crippen LogP contribution in [-0.4, -0.2) is 13.1 Å². The van der Waals surface area contributed by atoms with Gasteiger partial charge in [-0.05, 0) is 18.6 Å². The molecule has 72 valence electrons. The number of hydrogen-bond acceptors (Lipinski definition) is 2. The molecular formula is C11H11NO2. The number of carbonyl (C=O) groups is 1. The average molecular weight is 189 g/mol. The summed E-state index contributed by atoms with van der Waals surface area (Å²) >= 11 is 0. The number of methoxy groups -OCH3 is 1. The van der Waals surface area contributed by atoms with Gasteiger partial charge in [-0.15, -0.1) is 0 Å². The van der Waals surface area contributed by atoms with Gasteiger partial charge < -0.3 is 9.58 Å².